The van der Waals surface area contributed by atoms with Crippen LogP contribution in [0, 0.1) is 11.3 Å². The van der Waals surface area contributed by atoms with Crippen LogP contribution in [-0.4, -0.2) is 15.0 Å². The fourth-order valence-corrected chi connectivity index (χ4v) is 7.51. The number of aromatic nitrogens is 3. The number of nitriles is 1. The summed E-state index contributed by atoms with van der Waals surface area (Å²) < 4.78 is 6.50. The molecule has 57 heavy (non-hydrogen) atoms. The lowest BCUT2D eigenvalue weighted by atomic mass is 9.98. The molecule has 0 aliphatic rings. The molecule has 266 valence electrons. The van der Waals surface area contributed by atoms with Gasteiger partial charge in [0, 0.05) is 27.5 Å². The highest BCUT2D eigenvalue weighted by atomic mass is 16.3. The second-order valence-electron chi connectivity index (χ2n) is 14.0. The summed E-state index contributed by atoms with van der Waals surface area (Å²) in [7, 11) is 0. The molecule has 0 unspecified atom stereocenters. The van der Waals surface area contributed by atoms with E-state index < -0.39 is 0 Å². The smallest absolute Gasteiger partial charge is 0.164 e. The quantitative estimate of drug-likeness (QED) is 0.163. The van der Waals surface area contributed by atoms with Gasteiger partial charge in [0.05, 0.1) is 11.6 Å². The fourth-order valence-electron chi connectivity index (χ4n) is 7.51. The van der Waals surface area contributed by atoms with Crippen LogP contribution in [0.4, 0.5) is 0 Å². The Bertz CT molecular complexity index is 3130. The van der Waals surface area contributed by atoms with Crippen LogP contribution >= 0.6 is 0 Å². The van der Waals surface area contributed by atoms with Gasteiger partial charge in [-0.25, -0.2) is 15.0 Å². The Labute approximate surface area is 329 Å². The summed E-state index contributed by atoms with van der Waals surface area (Å²) in [6, 6.07) is 68.2. The molecule has 0 radical (unpaired) electrons. The number of hydrogen-bond acceptors (Lipinski definition) is 5. The SMILES string of the molecule is N#Cc1ccc(-c2cccc(-c3nc(-c4cccc(-c5cccc(-c6ccccc6)c5)c4)nc(-c4ccc5c(c4)oc4cccc(-c6ccccc6)c45)n3)c2)cc1. The Hall–Kier alpha value is -7.94. The Morgan fingerprint density at radius 2 is 0.789 bits per heavy atom. The van der Waals surface area contributed by atoms with E-state index in [1.165, 1.54) is 5.56 Å². The molecule has 0 fully saturated rings. The summed E-state index contributed by atoms with van der Waals surface area (Å²) in [6.45, 7) is 0. The molecule has 0 spiro atoms. The molecule has 10 rings (SSSR count). The molecule has 0 aliphatic carbocycles. The Morgan fingerprint density at radius 1 is 0.351 bits per heavy atom. The van der Waals surface area contributed by atoms with Crippen LogP contribution in [-0.2, 0) is 0 Å². The number of benzene rings is 8. The first-order valence-electron chi connectivity index (χ1n) is 18.8. The van der Waals surface area contributed by atoms with Crippen LogP contribution in [0.2, 0.25) is 0 Å². The molecule has 0 saturated heterocycles. The third-order valence-corrected chi connectivity index (χ3v) is 10.4. The number of nitrogens with zero attached hydrogens (tertiary/aromatic N) is 4. The van der Waals surface area contributed by atoms with E-state index in [0.717, 1.165) is 77.6 Å². The van der Waals surface area contributed by atoms with Crippen molar-refractivity contribution in [3.8, 4) is 84.7 Å². The van der Waals surface area contributed by atoms with Crippen LogP contribution in [0.3, 0.4) is 0 Å². The summed E-state index contributed by atoms with van der Waals surface area (Å²) >= 11 is 0. The second-order valence-corrected chi connectivity index (χ2v) is 14.0. The molecule has 5 heteroatoms. The van der Waals surface area contributed by atoms with Gasteiger partial charge < -0.3 is 4.42 Å². The maximum absolute atomic E-state index is 9.35. The fraction of sp³-hybridized carbons (Fsp3) is 0. The molecule has 0 amide bonds. The summed E-state index contributed by atoms with van der Waals surface area (Å²) in [4.78, 5) is 15.4. The molecular weight excluding hydrogens is 697 g/mol. The maximum Gasteiger partial charge on any atom is 0.164 e. The number of hydrogen-bond donors (Lipinski definition) is 0. The van der Waals surface area contributed by atoms with Crippen molar-refractivity contribution < 1.29 is 4.42 Å². The lowest BCUT2D eigenvalue weighted by molar-refractivity contribution is 0.669. The molecule has 0 bridgehead atoms. The van der Waals surface area contributed by atoms with E-state index in [4.69, 9.17) is 19.4 Å². The first kappa shape index (κ1) is 33.6. The van der Waals surface area contributed by atoms with E-state index in [1.54, 1.807) is 0 Å². The second kappa shape index (κ2) is 14.4. The van der Waals surface area contributed by atoms with Gasteiger partial charge >= 0.3 is 0 Å². The topological polar surface area (TPSA) is 75.6 Å². The van der Waals surface area contributed by atoms with Crippen molar-refractivity contribution >= 4 is 21.9 Å². The minimum absolute atomic E-state index is 0.542. The predicted molar refractivity (Wildman–Crippen MR) is 230 cm³/mol. The summed E-state index contributed by atoms with van der Waals surface area (Å²) in [5.41, 5.74) is 13.5. The summed E-state index contributed by atoms with van der Waals surface area (Å²) in [6.07, 6.45) is 0. The molecule has 0 atom stereocenters. The van der Waals surface area contributed by atoms with Crippen molar-refractivity contribution in [3.63, 3.8) is 0 Å². The van der Waals surface area contributed by atoms with E-state index in [2.05, 4.69) is 127 Å². The molecule has 5 nitrogen and oxygen atoms in total. The van der Waals surface area contributed by atoms with E-state index >= 15 is 0 Å². The third kappa shape index (κ3) is 6.52. The number of fused-ring (bicyclic) bond motifs is 3. The minimum Gasteiger partial charge on any atom is -0.456 e. The summed E-state index contributed by atoms with van der Waals surface area (Å²) in [5, 5.41) is 11.5. The van der Waals surface area contributed by atoms with Crippen LogP contribution < -0.4 is 0 Å². The van der Waals surface area contributed by atoms with Gasteiger partial charge in [-0.3, -0.25) is 0 Å². The highest BCUT2D eigenvalue weighted by Crippen LogP contribution is 2.39. The molecule has 2 heterocycles. The molecular formula is C52H32N4O. The Balaban J connectivity index is 1.11. The first-order valence-corrected chi connectivity index (χ1v) is 18.8. The van der Waals surface area contributed by atoms with Gasteiger partial charge in [-0.05, 0) is 93.0 Å². The predicted octanol–water partition coefficient (Wildman–Crippen LogP) is 13.3. The van der Waals surface area contributed by atoms with E-state index in [-0.39, 0.29) is 0 Å². The first-order chi connectivity index (χ1) is 28.2. The van der Waals surface area contributed by atoms with Crippen LogP contribution in [0.15, 0.2) is 199 Å². The largest absolute Gasteiger partial charge is 0.456 e. The van der Waals surface area contributed by atoms with Crippen molar-refractivity contribution in [1.29, 1.82) is 5.26 Å². The van der Waals surface area contributed by atoms with Crippen molar-refractivity contribution in [2.45, 2.75) is 0 Å². The third-order valence-electron chi connectivity index (χ3n) is 10.4. The number of furan rings is 1. The van der Waals surface area contributed by atoms with Crippen molar-refractivity contribution in [1.82, 2.24) is 15.0 Å². The molecule has 2 aromatic heterocycles. The van der Waals surface area contributed by atoms with E-state index in [9.17, 15) is 5.26 Å². The average molecular weight is 729 g/mol. The Kier molecular flexibility index (Phi) is 8.48. The molecule has 0 aliphatic heterocycles. The Morgan fingerprint density at radius 3 is 1.37 bits per heavy atom. The normalized spacial score (nSPS) is 11.1. The summed E-state index contributed by atoms with van der Waals surface area (Å²) in [5.74, 6) is 1.66. The zero-order valence-corrected chi connectivity index (χ0v) is 30.7. The zero-order valence-electron chi connectivity index (χ0n) is 30.7. The van der Waals surface area contributed by atoms with Gasteiger partial charge in [-0.1, -0.05) is 146 Å². The van der Waals surface area contributed by atoms with Crippen LogP contribution in [0.25, 0.3) is 101 Å². The molecule has 10 aromatic rings. The highest BCUT2D eigenvalue weighted by Gasteiger charge is 2.17. The van der Waals surface area contributed by atoms with E-state index in [1.807, 2.05) is 72.8 Å². The van der Waals surface area contributed by atoms with Gasteiger partial charge in [-0.2, -0.15) is 5.26 Å². The minimum atomic E-state index is 0.542. The zero-order chi connectivity index (χ0) is 38.1. The van der Waals surface area contributed by atoms with Crippen molar-refractivity contribution in [2.75, 3.05) is 0 Å². The van der Waals surface area contributed by atoms with Crippen molar-refractivity contribution in [2.24, 2.45) is 0 Å². The monoisotopic (exact) mass is 728 g/mol. The van der Waals surface area contributed by atoms with Gasteiger partial charge in [0.1, 0.15) is 11.2 Å². The van der Waals surface area contributed by atoms with E-state index in [0.29, 0.717) is 23.0 Å². The van der Waals surface area contributed by atoms with Gasteiger partial charge in [0.25, 0.3) is 0 Å². The number of rotatable bonds is 7. The van der Waals surface area contributed by atoms with Gasteiger partial charge in [0.2, 0.25) is 0 Å². The van der Waals surface area contributed by atoms with Gasteiger partial charge in [0.15, 0.2) is 17.5 Å². The van der Waals surface area contributed by atoms with Crippen molar-refractivity contribution in [3.05, 3.63) is 200 Å². The van der Waals surface area contributed by atoms with Crippen LogP contribution in [0.5, 0.6) is 0 Å². The standard InChI is InChI=1S/C52H32N4O/c53-33-34-23-25-36(26-24-34)39-16-8-19-42(30-39)50-54-51(43-20-9-18-41(31-43)40-17-7-15-38(29-40)35-11-3-1-4-12-35)56-52(55-50)44-27-28-46-48(32-44)57-47-22-10-21-45(49(46)47)37-13-5-2-6-14-37/h1-32H. The average Bonchev–Trinajstić information content (AvgIpc) is 3.68. The lowest BCUT2D eigenvalue weighted by Crippen LogP contribution is -2.00. The highest BCUT2D eigenvalue weighted by molar-refractivity contribution is 6.13. The van der Waals surface area contributed by atoms with Crippen LogP contribution in [0.1, 0.15) is 5.56 Å². The van der Waals surface area contributed by atoms with Gasteiger partial charge in [-0.15, -0.1) is 0 Å². The molecule has 8 aromatic carbocycles. The lowest BCUT2D eigenvalue weighted by Gasteiger charge is -2.11. The maximum atomic E-state index is 9.35. The molecule has 0 N–H and O–H groups in total. The molecule has 0 saturated carbocycles.